The molecule has 0 saturated carbocycles. The molecule has 10 heteroatoms. The number of nitrogens with one attached hydrogen (secondary N) is 1. The van der Waals surface area contributed by atoms with Gasteiger partial charge in [0.05, 0.1) is 5.25 Å². The lowest BCUT2D eigenvalue weighted by molar-refractivity contribution is -0.115. The maximum absolute atomic E-state index is 12.6. The summed E-state index contributed by atoms with van der Waals surface area (Å²) in [5, 5.41) is 20.9. The van der Waals surface area contributed by atoms with Crippen molar-refractivity contribution in [2.75, 3.05) is 5.32 Å². The highest BCUT2D eigenvalue weighted by molar-refractivity contribution is 8.00. The summed E-state index contributed by atoms with van der Waals surface area (Å²) in [6.45, 7) is 3.67. The lowest BCUT2D eigenvalue weighted by Crippen LogP contribution is -2.22. The van der Waals surface area contributed by atoms with Crippen LogP contribution in [0.5, 0.6) is 0 Å². The van der Waals surface area contributed by atoms with Crippen LogP contribution in [0.1, 0.15) is 11.9 Å². The second-order valence-electron chi connectivity index (χ2n) is 6.09. The number of benzene rings is 1. The monoisotopic (exact) mass is 423 g/mol. The molecule has 1 N–H and O–H groups in total. The third-order valence-corrected chi connectivity index (χ3v) is 5.79. The Morgan fingerprint density at radius 2 is 1.83 bits per heavy atom. The van der Waals surface area contributed by atoms with E-state index in [-0.39, 0.29) is 5.91 Å². The minimum Gasteiger partial charge on any atom is -0.300 e. The Morgan fingerprint density at radius 3 is 2.52 bits per heavy atom. The molecule has 146 valence electrons. The smallest absolute Gasteiger partial charge is 0.239 e. The number of carbonyl (C=O) groups excluding carboxylic acids is 1. The van der Waals surface area contributed by atoms with E-state index >= 15 is 0 Å². The van der Waals surface area contributed by atoms with Crippen LogP contribution in [0.2, 0.25) is 0 Å². The fourth-order valence-electron chi connectivity index (χ4n) is 2.61. The van der Waals surface area contributed by atoms with Gasteiger partial charge in [-0.2, -0.15) is 0 Å². The Hall–Kier alpha value is -3.11. The lowest BCUT2D eigenvalue weighted by Gasteiger charge is -2.13. The molecule has 1 amide bonds. The molecule has 0 radical (unpaired) electrons. The first-order valence-corrected chi connectivity index (χ1v) is 10.5. The molecule has 0 fully saturated rings. The maximum atomic E-state index is 12.6. The van der Waals surface area contributed by atoms with Gasteiger partial charge in [-0.1, -0.05) is 41.3 Å². The fourth-order valence-corrected chi connectivity index (χ4v) is 4.07. The Labute approximate surface area is 175 Å². The molecule has 0 spiro atoms. The van der Waals surface area contributed by atoms with Crippen molar-refractivity contribution in [1.82, 2.24) is 29.9 Å². The topological polar surface area (TPSA) is 98.5 Å². The first kappa shape index (κ1) is 19.2. The van der Waals surface area contributed by atoms with Crippen molar-refractivity contribution in [2.24, 2.45) is 0 Å². The minimum absolute atomic E-state index is 0.167. The molecule has 0 saturated heterocycles. The number of hydrogen-bond donors (Lipinski definition) is 1. The first-order valence-electron chi connectivity index (χ1n) is 8.80. The zero-order valence-corrected chi connectivity index (χ0v) is 17.3. The van der Waals surface area contributed by atoms with E-state index in [1.165, 1.54) is 23.1 Å². The zero-order valence-electron chi connectivity index (χ0n) is 15.7. The molecule has 0 unspecified atom stereocenters. The van der Waals surface area contributed by atoms with Crippen LogP contribution in [-0.2, 0) is 4.79 Å². The number of thioether (sulfide) groups is 1. The highest BCUT2D eigenvalue weighted by Crippen LogP contribution is 2.30. The number of nitrogens with zero attached hydrogens (tertiary/aromatic N) is 6. The number of carbonyl (C=O) groups is 1. The van der Waals surface area contributed by atoms with Crippen LogP contribution in [0.4, 0.5) is 5.13 Å². The molecule has 0 aliphatic rings. The summed E-state index contributed by atoms with van der Waals surface area (Å²) in [5.41, 5.74) is 1.81. The van der Waals surface area contributed by atoms with Crippen molar-refractivity contribution in [3.63, 3.8) is 0 Å². The Morgan fingerprint density at radius 1 is 1.07 bits per heavy atom. The van der Waals surface area contributed by atoms with Crippen LogP contribution < -0.4 is 5.32 Å². The largest absolute Gasteiger partial charge is 0.300 e. The fraction of sp³-hybridized carbons (Fsp3) is 0.158. The number of hydrogen-bond acceptors (Lipinski definition) is 8. The van der Waals surface area contributed by atoms with Crippen molar-refractivity contribution >= 4 is 34.1 Å². The van der Waals surface area contributed by atoms with E-state index in [2.05, 4.69) is 30.7 Å². The summed E-state index contributed by atoms with van der Waals surface area (Å²) in [6, 6.07) is 13.6. The molecular weight excluding hydrogens is 406 g/mol. The van der Waals surface area contributed by atoms with Crippen molar-refractivity contribution in [1.29, 1.82) is 0 Å². The third-order valence-electron chi connectivity index (χ3n) is 3.99. The van der Waals surface area contributed by atoms with Crippen LogP contribution in [0.15, 0.2) is 60.0 Å². The van der Waals surface area contributed by atoms with Gasteiger partial charge in [0.15, 0.2) is 11.0 Å². The van der Waals surface area contributed by atoms with Crippen molar-refractivity contribution in [3.05, 3.63) is 59.9 Å². The quantitative estimate of drug-likeness (QED) is 0.473. The van der Waals surface area contributed by atoms with Gasteiger partial charge in [0.1, 0.15) is 5.01 Å². The standard InChI is InChI=1S/C19H17N7OS2/c1-12(17(27)21-18-24-22-13(2)29-18)28-19-25-23-16(14-8-10-20-11-9-14)26(19)15-6-4-3-5-7-15/h3-12H,1-2H3,(H,21,24,27)/t12-/m1/s1. The van der Waals surface area contributed by atoms with Gasteiger partial charge in [-0.05, 0) is 38.1 Å². The van der Waals surface area contributed by atoms with E-state index in [1.54, 1.807) is 12.4 Å². The molecule has 0 aliphatic heterocycles. The predicted molar refractivity (Wildman–Crippen MR) is 113 cm³/mol. The summed E-state index contributed by atoms with van der Waals surface area (Å²) in [4.78, 5) is 16.7. The summed E-state index contributed by atoms with van der Waals surface area (Å²) < 4.78 is 1.94. The van der Waals surface area contributed by atoms with E-state index in [0.717, 1.165) is 16.3 Å². The van der Waals surface area contributed by atoms with Crippen LogP contribution in [-0.4, -0.2) is 41.1 Å². The average Bonchev–Trinajstić information content (AvgIpc) is 3.35. The van der Waals surface area contributed by atoms with Crippen molar-refractivity contribution in [3.8, 4) is 17.1 Å². The van der Waals surface area contributed by atoms with Gasteiger partial charge in [-0.15, -0.1) is 20.4 Å². The summed E-state index contributed by atoms with van der Waals surface area (Å²) in [6.07, 6.45) is 3.43. The van der Waals surface area contributed by atoms with E-state index in [1.807, 2.05) is 60.9 Å². The van der Waals surface area contributed by atoms with E-state index < -0.39 is 5.25 Å². The van der Waals surface area contributed by atoms with Crippen molar-refractivity contribution < 1.29 is 4.79 Å². The summed E-state index contributed by atoms with van der Waals surface area (Å²) in [7, 11) is 0. The van der Waals surface area contributed by atoms with Crippen LogP contribution in [0.3, 0.4) is 0 Å². The number of para-hydroxylation sites is 1. The van der Waals surface area contributed by atoms with Gasteiger partial charge in [0, 0.05) is 23.6 Å². The van der Waals surface area contributed by atoms with Crippen LogP contribution in [0.25, 0.3) is 17.1 Å². The van der Waals surface area contributed by atoms with E-state index in [0.29, 0.717) is 16.1 Å². The molecule has 3 heterocycles. The molecule has 29 heavy (non-hydrogen) atoms. The number of rotatable bonds is 6. The number of aromatic nitrogens is 6. The predicted octanol–water partition coefficient (Wildman–Crippen LogP) is 3.61. The van der Waals surface area contributed by atoms with Gasteiger partial charge in [0.25, 0.3) is 0 Å². The minimum atomic E-state index is -0.406. The molecule has 4 rings (SSSR count). The third kappa shape index (κ3) is 4.33. The van der Waals surface area contributed by atoms with E-state index in [9.17, 15) is 4.79 Å². The molecule has 1 atom stereocenters. The number of pyridine rings is 1. The molecule has 3 aromatic heterocycles. The highest BCUT2D eigenvalue weighted by atomic mass is 32.2. The van der Waals surface area contributed by atoms with Gasteiger partial charge >= 0.3 is 0 Å². The number of amides is 1. The normalized spacial score (nSPS) is 11.9. The first-order chi connectivity index (χ1) is 14.1. The van der Waals surface area contributed by atoms with Gasteiger partial charge in [0.2, 0.25) is 11.0 Å². The second kappa shape index (κ2) is 8.50. The molecule has 8 nitrogen and oxygen atoms in total. The maximum Gasteiger partial charge on any atom is 0.239 e. The molecule has 4 aromatic rings. The molecular formula is C19H17N7OS2. The van der Waals surface area contributed by atoms with Crippen molar-refractivity contribution in [2.45, 2.75) is 24.3 Å². The Balaban J connectivity index is 1.63. The lowest BCUT2D eigenvalue weighted by atomic mass is 10.2. The molecule has 0 aliphatic carbocycles. The summed E-state index contributed by atoms with van der Waals surface area (Å²) >= 11 is 2.67. The van der Waals surface area contributed by atoms with Gasteiger partial charge in [-0.3, -0.25) is 19.7 Å². The molecule has 1 aromatic carbocycles. The van der Waals surface area contributed by atoms with Gasteiger partial charge < -0.3 is 0 Å². The highest BCUT2D eigenvalue weighted by Gasteiger charge is 2.22. The Kier molecular flexibility index (Phi) is 5.63. The molecule has 0 bridgehead atoms. The summed E-state index contributed by atoms with van der Waals surface area (Å²) in [5.74, 6) is 0.521. The van der Waals surface area contributed by atoms with Crippen LogP contribution in [0, 0.1) is 6.92 Å². The van der Waals surface area contributed by atoms with Crippen LogP contribution >= 0.6 is 23.1 Å². The number of aryl methyl sites for hydroxylation is 1. The SMILES string of the molecule is Cc1nnc(NC(=O)[C@@H](C)Sc2nnc(-c3ccncc3)n2-c2ccccc2)s1. The average molecular weight is 424 g/mol. The Bertz CT molecular complexity index is 1110. The number of anilines is 1. The zero-order chi connectivity index (χ0) is 20.2. The van der Waals surface area contributed by atoms with Gasteiger partial charge in [-0.25, -0.2) is 0 Å². The van der Waals surface area contributed by atoms with E-state index in [4.69, 9.17) is 0 Å². The second-order valence-corrected chi connectivity index (χ2v) is 8.58.